The van der Waals surface area contributed by atoms with Crippen molar-refractivity contribution in [3.05, 3.63) is 88.5 Å². The van der Waals surface area contributed by atoms with Crippen LogP contribution in [-0.2, 0) is 24.4 Å². The van der Waals surface area contributed by atoms with Crippen LogP contribution in [-0.4, -0.2) is 37.4 Å². The summed E-state index contributed by atoms with van der Waals surface area (Å²) in [4.78, 5) is 16.3. The number of hydroxylamine groups is 1. The standard InChI is InChI=1S/C27H31N5O3/c1-27(2,28)25(26(34)31-35)30-23-12-10-21-15-19(9-11-22(21)23)6-3-18-4-7-20(8-5-18)16-32-14-13-29-24(32)17-33/h4-5,7-9,11,13-15,23,25,30,33,35H,10,12,16-17,28H2,1-2H3,(H,31,34)/t23-,25-/m1/s1. The van der Waals surface area contributed by atoms with Crippen LogP contribution in [0.15, 0.2) is 54.9 Å². The molecule has 1 aromatic heterocycles. The van der Waals surface area contributed by atoms with E-state index in [1.54, 1.807) is 25.5 Å². The number of aryl methyl sites for hydroxylation is 1. The molecule has 0 unspecified atom stereocenters. The van der Waals surface area contributed by atoms with Gasteiger partial charge in [-0.1, -0.05) is 30.0 Å². The Morgan fingerprint density at radius 1 is 1.23 bits per heavy atom. The molecule has 0 fully saturated rings. The van der Waals surface area contributed by atoms with E-state index in [0.29, 0.717) is 12.4 Å². The molecule has 2 aromatic carbocycles. The lowest BCUT2D eigenvalue weighted by molar-refractivity contribution is -0.133. The first-order valence-electron chi connectivity index (χ1n) is 11.6. The maximum absolute atomic E-state index is 12.1. The van der Waals surface area contributed by atoms with Crippen LogP contribution in [0.3, 0.4) is 0 Å². The highest BCUT2D eigenvalue weighted by Crippen LogP contribution is 2.32. The summed E-state index contributed by atoms with van der Waals surface area (Å²) in [6.07, 6.45) is 5.25. The normalized spacial score (nSPS) is 15.7. The molecule has 0 bridgehead atoms. The second-order valence-electron chi connectivity index (χ2n) is 9.48. The van der Waals surface area contributed by atoms with Gasteiger partial charge in [0.1, 0.15) is 18.5 Å². The number of amides is 1. The molecule has 1 heterocycles. The number of benzene rings is 2. The Morgan fingerprint density at radius 2 is 1.94 bits per heavy atom. The zero-order valence-electron chi connectivity index (χ0n) is 20.0. The molecule has 3 aromatic rings. The van der Waals surface area contributed by atoms with E-state index in [2.05, 4.69) is 34.3 Å². The fourth-order valence-corrected chi connectivity index (χ4v) is 4.43. The summed E-state index contributed by atoms with van der Waals surface area (Å²) >= 11 is 0. The molecule has 0 radical (unpaired) electrons. The number of carbonyl (C=O) groups excluding carboxylic acids is 1. The molecular formula is C27H31N5O3. The largest absolute Gasteiger partial charge is 0.388 e. The van der Waals surface area contributed by atoms with Gasteiger partial charge in [0.2, 0.25) is 0 Å². The van der Waals surface area contributed by atoms with Crippen molar-refractivity contribution in [2.24, 2.45) is 5.73 Å². The Morgan fingerprint density at radius 3 is 2.63 bits per heavy atom. The van der Waals surface area contributed by atoms with E-state index < -0.39 is 17.5 Å². The summed E-state index contributed by atoms with van der Waals surface area (Å²) in [6, 6.07) is 13.4. The summed E-state index contributed by atoms with van der Waals surface area (Å²) in [7, 11) is 0. The van der Waals surface area contributed by atoms with Crippen molar-refractivity contribution in [3.63, 3.8) is 0 Å². The molecule has 0 saturated heterocycles. The number of aliphatic hydroxyl groups excluding tert-OH is 1. The molecule has 6 N–H and O–H groups in total. The number of hydrogen-bond donors (Lipinski definition) is 5. The summed E-state index contributed by atoms with van der Waals surface area (Å²) in [5.41, 5.74) is 12.3. The van der Waals surface area contributed by atoms with Crippen molar-refractivity contribution < 1.29 is 15.1 Å². The Bertz CT molecular complexity index is 1250. The van der Waals surface area contributed by atoms with Crippen LogP contribution in [0.4, 0.5) is 0 Å². The minimum Gasteiger partial charge on any atom is -0.388 e. The number of nitrogens with two attached hydrogens (primary N) is 1. The fraction of sp³-hybridized carbons (Fsp3) is 0.333. The number of nitrogens with one attached hydrogen (secondary N) is 2. The maximum Gasteiger partial charge on any atom is 0.262 e. The molecule has 35 heavy (non-hydrogen) atoms. The highest BCUT2D eigenvalue weighted by Gasteiger charge is 2.35. The Labute approximate surface area is 205 Å². The van der Waals surface area contributed by atoms with E-state index in [1.165, 1.54) is 5.56 Å². The van der Waals surface area contributed by atoms with Gasteiger partial charge in [0.25, 0.3) is 5.91 Å². The third kappa shape index (κ3) is 5.78. The summed E-state index contributed by atoms with van der Waals surface area (Å²) < 4.78 is 1.92. The van der Waals surface area contributed by atoms with Crippen LogP contribution in [0.2, 0.25) is 0 Å². The van der Waals surface area contributed by atoms with Gasteiger partial charge in [0.15, 0.2) is 0 Å². The minimum absolute atomic E-state index is 0.0217. The monoisotopic (exact) mass is 473 g/mol. The maximum atomic E-state index is 12.1. The van der Waals surface area contributed by atoms with Gasteiger partial charge in [-0.15, -0.1) is 0 Å². The van der Waals surface area contributed by atoms with Crippen LogP contribution < -0.4 is 16.5 Å². The first-order chi connectivity index (χ1) is 16.8. The number of aromatic nitrogens is 2. The topological polar surface area (TPSA) is 125 Å². The molecule has 8 nitrogen and oxygen atoms in total. The molecule has 4 rings (SSSR count). The summed E-state index contributed by atoms with van der Waals surface area (Å²) in [6.45, 7) is 4.07. The van der Waals surface area contributed by atoms with Crippen molar-refractivity contribution in [1.82, 2.24) is 20.3 Å². The number of nitrogens with zero attached hydrogens (tertiary/aromatic N) is 2. The molecule has 1 aliphatic carbocycles. The average molecular weight is 474 g/mol. The lowest BCUT2D eigenvalue weighted by atomic mass is 9.93. The molecule has 0 aliphatic heterocycles. The Hall–Kier alpha value is -3.48. The molecule has 0 saturated carbocycles. The molecule has 1 amide bonds. The average Bonchev–Trinajstić information content (AvgIpc) is 3.47. The van der Waals surface area contributed by atoms with Crippen LogP contribution >= 0.6 is 0 Å². The molecule has 1 aliphatic rings. The quantitative estimate of drug-likeness (QED) is 0.203. The van der Waals surface area contributed by atoms with Crippen LogP contribution in [0.1, 0.15) is 60.0 Å². The van der Waals surface area contributed by atoms with Gasteiger partial charge in [-0.3, -0.25) is 15.3 Å². The number of aliphatic hydroxyl groups is 1. The van der Waals surface area contributed by atoms with Crippen LogP contribution in [0.25, 0.3) is 0 Å². The smallest absolute Gasteiger partial charge is 0.262 e. The minimum atomic E-state index is -0.837. The van der Waals surface area contributed by atoms with Crippen molar-refractivity contribution >= 4 is 5.91 Å². The highest BCUT2D eigenvalue weighted by molar-refractivity contribution is 5.82. The second kappa shape index (κ2) is 10.4. The predicted molar refractivity (Wildman–Crippen MR) is 132 cm³/mol. The number of rotatable bonds is 7. The van der Waals surface area contributed by atoms with Crippen molar-refractivity contribution in [3.8, 4) is 11.8 Å². The van der Waals surface area contributed by atoms with Crippen LogP contribution in [0, 0.1) is 11.8 Å². The highest BCUT2D eigenvalue weighted by atomic mass is 16.5. The van der Waals surface area contributed by atoms with Gasteiger partial charge >= 0.3 is 0 Å². The Kier molecular flexibility index (Phi) is 7.34. The second-order valence-corrected chi connectivity index (χ2v) is 9.48. The van der Waals surface area contributed by atoms with Crippen molar-refractivity contribution in [2.45, 2.75) is 57.5 Å². The van der Waals surface area contributed by atoms with Crippen molar-refractivity contribution in [1.29, 1.82) is 0 Å². The van der Waals surface area contributed by atoms with E-state index >= 15 is 0 Å². The first kappa shape index (κ1) is 24.6. The van der Waals surface area contributed by atoms with Gasteiger partial charge in [-0.25, -0.2) is 10.5 Å². The lowest BCUT2D eigenvalue weighted by Gasteiger charge is -2.32. The SMILES string of the molecule is CC(C)(N)[C@H](N[C@@H]1CCc2cc(C#Cc3ccc(Cn4ccnc4CO)cc3)ccc21)C(=O)NO. The van der Waals surface area contributed by atoms with Gasteiger partial charge in [0, 0.05) is 41.6 Å². The molecule has 8 heteroatoms. The number of imidazole rings is 1. The van der Waals surface area contributed by atoms with Gasteiger partial charge in [-0.05, 0) is 67.6 Å². The van der Waals surface area contributed by atoms with Gasteiger partial charge in [0.05, 0.1) is 0 Å². The predicted octanol–water partition coefficient (Wildman–Crippen LogP) is 2.01. The number of fused-ring (bicyclic) bond motifs is 1. The third-order valence-corrected chi connectivity index (χ3v) is 6.31. The number of carbonyl (C=O) groups is 1. The molecule has 2 atom stereocenters. The van der Waals surface area contributed by atoms with E-state index in [4.69, 9.17) is 10.9 Å². The van der Waals surface area contributed by atoms with E-state index in [9.17, 15) is 9.90 Å². The van der Waals surface area contributed by atoms with Gasteiger partial charge in [-0.2, -0.15) is 0 Å². The first-order valence-corrected chi connectivity index (χ1v) is 11.6. The van der Waals surface area contributed by atoms with E-state index in [0.717, 1.165) is 35.1 Å². The molecule has 182 valence electrons. The van der Waals surface area contributed by atoms with E-state index in [1.807, 2.05) is 41.1 Å². The summed E-state index contributed by atoms with van der Waals surface area (Å²) in [5, 5.41) is 21.8. The van der Waals surface area contributed by atoms with E-state index in [-0.39, 0.29) is 12.6 Å². The van der Waals surface area contributed by atoms with Gasteiger partial charge < -0.3 is 15.4 Å². The third-order valence-electron chi connectivity index (χ3n) is 6.31. The number of hydrogen-bond acceptors (Lipinski definition) is 6. The van der Waals surface area contributed by atoms with Crippen molar-refractivity contribution in [2.75, 3.05) is 0 Å². The molecular weight excluding hydrogens is 442 g/mol. The Balaban J connectivity index is 1.44. The lowest BCUT2D eigenvalue weighted by Crippen LogP contribution is -2.60. The summed E-state index contributed by atoms with van der Waals surface area (Å²) in [5.74, 6) is 6.57. The zero-order chi connectivity index (χ0) is 25.0. The van der Waals surface area contributed by atoms with Crippen LogP contribution in [0.5, 0.6) is 0 Å². The zero-order valence-corrected chi connectivity index (χ0v) is 20.0. The fourth-order valence-electron chi connectivity index (χ4n) is 4.43. The molecule has 0 spiro atoms.